The minimum Gasteiger partial charge on any atom is -0.444 e. The Bertz CT molecular complexity index is 1100. The van der Waals surface area contributed by atoms with Crippen molar-refractivity contribution in [2.75, 3.05) is 5.32 Å². The van der Waals surface area contributed by atoms with Crippen molar-refractivity contribution in [2.24, 2.45) is 10.2 Å². The van der Waals surface area contributed by atoms with E-state index in [1.54, 1.807) is 24.3 Å². The molecule has 0 bridgehead atoms. The highest BCUT2D eigenvalue weighted by atomic mass is 16.3. The highest BCUT2D eigenvalue weighted by molar-refractivity contribution is 5.92. The van der Waals surface area contributed by atoms with E-state index in [-0.39, 0.29) is 12.3 Å². The molecule has 1 heterocycles. The second-order valence-corrected chi connectivity index (χ2v) is 6.32. The first-order valence-electron chi connectivity index (χ1n) is 9.13. The van der Waals surface area contributed by atoms with Gasteiger partial charge in [0.1, 0.15) is 6.26 Å². The number of nitrogens with one attached hydrogen (secondary N) is 1. The zero-order valence-electron chi connectivity index (χ0n) is 15.5. The smallest absolute Gasteiger partial charge is 0.230 e. The van der Waals surface area contributed by atoms with Crippen molar-refractivity contribution in [3.8, 4) is 11.5 Å². The Hall–Kier alpha value is -4.06. The van der Waals surface area contributed by atoms with E-state index in [4.69, 9.17) is 4.42 Å². The van der Waals surface area contributed by atoms with Gasteiger partial charge in [-0.05, 0) is 48.5 Å². The van der Waals surface area contributed by atoms with E-state index >= 15 is 0 Å². The molecular formula is C23H18N4O2. The predicted octanol–water partition coefficient (Wildman–Crippen LogP) is 5.94. The average Bonchev–Trinajstić information content (AvgIpc) is 3.23. The molecule has 1 amide bonds. The summed E-state index contributed by atoms with van der Waals surface area (Å²) in [5, 5.41) is 11.2. The Morgan fingerprint density at radius 1 is 0.828 bits per heavy atom. The molecule has 0 atom stereocenters. The van der Waals surface area contributed by atoms with E-state index in [2.05, 4.69) is 20.5 Å². The van der Waals surface area contributed by atoms with Gasteiger partial charge in [0.05, 0.1) is 23.5 Å². The molecule has 3 aromatic carbocycles. The summed E-state index contributed by atoms with van der Waals surface area (Å²) in [6.45, 7) is 0. The highest BCUT2D eigenvalue weighted by Crippen LogP contribution is 2.21. The van der Waals surface area contributed by atoms with Crippen LogP contribution < -0.4 is 5.32 Å². The van der Waals surface area contributed by atoms with Crippen LogP contribution in [0.1, 0.15) is 5.69 Å². The zero-order chi connectivity index (χ0) is 19.9. The van der Waals surface area contributed by atoms with Gasteiger partial charge in [-0.1, -0.05) is 36.4 Å². The van der Waals surface area contributed by atoms with Gasteiger partial charge >= 0.3 is 0 Å². The van der Waals surface area contributed by atoms with E-state index < -0.39 is 0 Å². The molecule has 0 aliphatic rings. The summed E-state index contributed by atoms with van der Waals surface area (Å²) in [5.41, 5.74) is 3.62. The minimum atomic E-state index is -0.170. The van der Waals surface area contributed by atoms with E-state index in [9.17, 15) is 4.79 Å². The lowest BCUT2D eigenvalue weighted by Gasteiger charge is -2.03. The molecule has 4 aromatic rings. The number of anilines is 1. The quantitative estimate of drug-likeness (QED) is 0.419. The summed E-state index contributed by atoms with van der Waals surface area (Å²) in [4.78, 5) is 16.7. The average molecular weight is 382 g/mol. The van der Waals surface area contributed by atoms with Gasteiger partial charge in [-0.15, -0.1) is 0 Å². The number of aromatic nitrogens is 1. The molecule has 142 valence electrons. The van der Waals surface area contributed by atoms with E-state index in [1.807, 2.05) is 60.7 Å². The topological polar surface area (TPSA) is 79.9 Å². The fraction of sp³-hybridized carbons (Fsp3) is 0.0435. The van der Waals surface area contributed by atoms with Crippen molar-refractivity contribution in [1.82, 2.24) is 4.98 Å². The third kappa shape index (κ3) is 5.01. The summed E-state index contributed by atoms with van der Waals surface area (Å²) in [7, 11) is 0. The van der Waals surface area contributed by atoms with Gasteiger partial charge in [0.15, 0.2) is 0 Å². The van der Waals surface area contributed by atoms with Gasteiger partial charge in [0.25, 0.3) is 0 Å². The number of benzene rings is 3. The van der Waals surface area contributed by atoms with Crippen LogP contribution in [-0.4, -0.2) is 10.9 Å². The normalized spacial score (nSPS) is 10.9. The van der Waals surface area contributed by atoms with Crippen molar-refractivity contribution in [1.29, 1.82) is 0 Å². The van der Waals surface area contributed by atoms with Crippen molar-refractivity contribution in [3.05, 3.63) is 96.9 Å². The van der Waals surface area contributed by atoms with E-state index in [0.29, 0.717) is 23.0 Å². The van der Waals surface area contributed by atoms with Gasteiger partial charge in [-0.2, -0.15) is 10.2 Å². The Balaban J connectivity index is 1.34. The molecule has 0 radical (unpaired) electrons. The van der Waals surface area contributed by atoms with Gasteiger partial charge in [-0.25, -0.2) is 4.98 Å². The third-order valence-corrected chi connectivity index (χ3v) is 4.10. The van der Waals surface area contributed by atoms with Crippen LogP contribution in [0.2, 0.25) is 0 Å². The second kappa shape index (κ2) is 8.75. The summed E-state index contributed by atoms with van der Waals surface area (Å²) in [6, 6.07) is 26.2. The van der Waals surface area contributed by atoms with Crippen LogP contribution in [0.3, 0.4) is 0 Å². The number of hydrogen-bond acceptors (Lipinski definition) is 5. The maximum atomic E-state index is 12.3. The number of carbonyl (C=O) groups excluding carboxylic acids is 1. The Morgan fingerprint density at radius 2 is 1.45 bits per heavy atom. The molecule has 29 heavy (non-hydrogen) atoms. The fourth-order valence-electron chi connectivity index (χ4n) is 2.69. The van der Waals surface area contributed by atoms with Crippen molar-refractivity contribution >= 4 is 23.0 Å². The molecule has 0 saturated carbocycles. The molecule has 6 heteroatoms. The molecule has 0 unspecified atom stereocenters. The van der Waals surface area contributed by atoms with Crippen LogP contribution in [0.4, 0.5) is 17.1 Å². The first-order chi connectivity index (χ1) is 14.3. The highest BCUT2D eigenvalue weighted by Gasteiger charge is 2.10. The maximum Gasteiger partial charge on any atom is 0.230 e. The molecule has 6 nitrogen and oxygen atoms in total. The number of hydrogen-bond donors (Lipinski definition) is 1. The molecular weight excluding hydrogens is 364 g/mol. The molecule has 0 aliphatic heterocycles. The van der Waals surface area contributed by atoms with Gasteiger partial charge in [0, 0.05) is 11.3 Å². The lowest BCUT2D eigenvalue weighted by Crippen LogP contribution is -2.14. The van der Waals surface area contributed by atoms with Crippen LogP contribution >= 0.6 is 0 Å². The largest absolute Gasteiger partial charge is 0.444 e. The number of carbonyl (C=O) groups is 1. The predicted molar refractivity (Wildman–Crippen MR) is 111 cm³/mol. The first-order valence-corrected chi connectivity index (χ1v) is 9.13. The zero-order valence-corrected chi connectivity index (χ0v) is 15.5. The minimum absolute atomic E-state index is 0.131. The van der Waals surface area contributed by atoms with Crippen LogP contribution in [0, 0.1) is 0 Å². The van der Waals surface area contributed by atoms with Gasteiger partial charge in [0.2, 0.25) is 11.8 Å². The number of amides is 1. The van der Waals surface area contributed by atoms with Crippen molar-refractivity contribution < 1.29 is 9.21 Å². The summed E-state index contributed by atoms with van der Waals surface area (Å²) >= 11 is 0. The summed E-state index contributed by atoms with van der Waals surface area (Å²) < 4.78 is 5.47. The van der Waals surface area contributed by atoms with Gasteiger partial charge < -0.3 is 9.73 Å². The standard InChI is InChI=1S/C23H18N4O2/c28-22(15-21-16-29-23(25-21)17-7-3-1-4-8-17)24-18-11-13-20(14-12-18)27-26-19-9-5-2-6-10-19/h1-14,16H,15H2,(H,24,28). The fourth-order valence-corrected chi connectivity index (χ4v) is 2.69. The van der Waals surface area contributed by atoms with E-state index in [0.717, 1.165) is 11.3 Å². The number of rotatable bonds is 6. The Labute approximate surface area is 168 Å². The second-order valence-electron chi connectivity index (χ2n) is 6.32. The van der Waals surface area contributed by atoms with Crippen molar-refractivity contribution in [3.63, 3.8) is 0 Å². The molecule has 1 aromatic heterocycles. The lowest BCUT2D eigenvalue weighted by atomic mass is 10.2. The molecule has 1 N–H and O–H groups in total. The van der Waals surface area contributed by atoms with Gasteiger partial charge in [-0.3, -0.25) is 4.79 Å². The maximum absolute atomic E-state index is 12.3. The van der Waals surface area contributed by atoms with Crippen LogP contribution in [0.15, 0.2) is 106 Å². The summed E-state index contributed by atoms with van der Waals surface area (Å²) in [5.74, 6) is 0.332. The monoisotopic (exact) mass is 382 g/mol. The SMILES string of the molecule is O=C(Cc1coc(-c2ccccc2)n1)Nc1ccc(N=Nc2ccccc2)cc1. The molecule has 4 rings (SSSR count). The van der Waals surface area contributed by atoms with Crippen molar-refractivity contribution in [2.45, 2.75) is 6.42 Å². The first kappa shape index (κ1) is 18.3. The lowest BCUT2D eigenvalue weighted by molar-refractivity contribution is -0.115. The van der Waals surface area contributed by atoms with Crippen LogP contribution in [0.5, 0.6) is 0 Å². The number of nitrogens with zero attached hydrogens (tertiary/aromatic N) is 3. The number of oxazole rings is 1. The van der Waals surface area contributed by atoms with Crippen LogP contribution in [-0.2, 0) is 11.2 Å². The third-order valence-electron chi connectivity index (χ3n) is 4.10. The Morgan fingerprint density at radius 3 is 2.14 bits per heavy atom. The van der Waals surface area contributed by atoms with E-state index in [1.165, 1.54) is 6.26 Å². The molecule has 0 aliphatic carbocycles. The summed E-state index contributed by atoms with van der Waals surface area (Å²) in [6.07, 6.45) is 1.64. The Kier molecular flexibility index (Phi) is 5.53. The molecule has 0 spiro atoms. The van der Waals surface area contributed by atoms with Crippen LogP contribution in [0.25, 0.3) is 11.5 Å². The molecule has 0 fully saturated rings. The number of azo groups is 1. The molecule has 0 saturated heterocycles.